The van der Waals surface area contributed by atoms with E-state index in [1.54, 1.807) is 12.3 Å². The predicted octanol–water partition coefficient (Wildman–Crippen LogP) is 6.27. The summed E-state index contributed by atoms with van der Waals surface area (Å²) in [7, 11) is 0. The number of carbonyl (C=O) groups excluding carboxylic acids is 1. The predicted molar refractivity (Wildman–Crippen MR) is 131 cm³/mol. The van der Waals surface area contributed by atoms with Crippen LogP contribution >= 0.6 is 15.9 Å². The summed E-state index contributed by atoms with van der Waals surface area (Å²) in [5.74, 6) is -0.172. The Labute approximate surface area is 193 Å². The van der Waals surface area contributed by atoms with E-state index in [0.717, 1.165) is 32.9 Å². The Morgan fingerprint density at radius 1 is 1.09 bits per heavy atom. The maximum absolute atomic E-state index is 12.5. The van der Waals surface area contributed by atoms with Crippen molar-refractivity contribution in [3.05, 3.63) is 106 Å². The average Bonchev–Trinajstić information content (AvgIpc) is 3.35. The average molecular weight is 486 g/mol. The topological polar surface area (TPSA) is 59.5 Å². The number of para-hydroxylation sites is 1. The second-order valence-corrected chi connectivity index (χ2v) is 8.63. The van der Waals surface area contributed by atoms with E-state index in [0.29, 0.717) is 5.58 Å². The van der Waals surface area contributed by atoms with Gasteiger partial charge in [0.05, 0.1) is 6.21 Å². The number of carbonyl (C=O) groups is 1. The van der Waals surface area contributed by atoms with Crippen LogP contribution in [0.15, 0.2) is 93.0 Å². The van der Waals surface area contributed by atoms with Gasteiger partial charge in [0, 0.05) is 39.1 Å². The molecule has 158 valence electrons. The molecule has 0 saturated heterocycles. The third-order valence-electron chi connectivity index (χ3n) is 5.33. The lowest BCUT2D eigenvalue weighted by molar-refractivity contribution is 0.0929. The van der Waals surface area contributed by atoms with E-state index in [-0.39, 0.29) is 5.76 Å². The first-order valence-electron chi connectivity index (χ1n) is 10.2. The van der Waals surface area contributed by atoms with Crippen LogP contribution in [0.25, 0.3) is 21.9 Å². The Balaban J connectivity index is 1.38. The molecule has 0 aliphatic carbocycles. The molecule has 2 aromatic heterocycles. The van der Waals surface area contributed by atoms with Gasteiger partial charge >= 0.3 is 5.91 Å². The summed E-state index contributed by atoms with van der Waals surface area (Å²) in [6.07, 6.45) is 3.73. The molecule has 0 saturated carbocycles. The van der Waals surface area contributed by atoms with E-state index in [4.69, 9.17) is 4.42 Å². The Morgan fingerprint density at radius 2 is 1.97 bits per heavy atom. The number of hydrazone groups is 1. The van der Waals surface area contributed by atoms with Crippen LogP contribution in [0.3, 0.4) is 0 Å². The van der Waals surface area contributed by atoms with Crippen molar-refractivity contribution < 1.29 is 9.21 Å². The molecule has 0 spiro atoms. The molecule has 1 N–H and O–H groups in total. The molecule has 32 heavy (non-hydrogen) atoms. The summed E-state index contributed by atoms with van der Waals surface area (Å²) in [5, 5.41) is 6.11. The van der Waals surface area contributed by atoms with Gasteiger partial charge in [-0.15, -0.1) is 0 Å². The molecule has 0 radical (unpaired) electrons. The van der Waals surface area contributed by atoms with Crippen LogP contribution in [0, 0.1) is 6.92 Å². The van der Waals surface area contributed by atoms with Crippen molar-refractivity contribution in [2.75, 3.05) is 0 Å². The first-order valence-corrected chi connectivity index (χ1v) is 11.0. The summed E-state index contributed by atoms with van der Waals surface area (Å²) in [6.45, 7) is 2.86. The number of hydrogen-bond donors (Lipinski definition) is 1. The van der Waals surface area contributed by atoms with Crippen LogP contribution in [0.1, 0.15) is 27.2 Å². The maximum Gasteiger partial charge on any atom is 0.307 e. The van der Waals surface area contributed by atoms with Gasteiger partial charge < -0.3 is 8.98 Å². The van der Waals surface area contributed by atoms with Crippen LogP contribution in [0.5, 0.6) is 0 Å². The number of nitrogens with zero attached hydrogens (tertiary/aromatic N) is 2. The largest absolute Gasteiger partial charge is 0.451 e. The van der Waals surface area contributed by atoms with E-state index < -0.39 is 5.91 Å². The molecule has 5 nitrogen and oxygen atoms in total. The smallest absolute Gasteiger partial charge is 0.307 e. The number of fused-ring (bicyclic) bond motifs is 2. The third-order valence-corrected chi connectivity index (χ3v) is 5.82. The quantitative estimate of drug-likeness (QED) is 0.235. The van der Waals surface area contributed by atoms with Crippen molar-refractivity contribution in [1.82, 2.24) is 9.99 Å². The molecule has 0 atom stereocenters. The first kappa shape index (κ1) is 20.3. The minimum absolute atomic E-state index is 0.220. The zero-order valence-corrected chi connectivity index (χ0v) is 19.0. The lowest BCUT2D eigenvalue weighted by atomic mass is 10.1. The van der Waals surface area contributed by atoms with Crippen LogP contribution in [0.2, 0.25) is 0 Å². The van der Waals surface area contributed by atoms with Crippen molar-refractivity contribution in [2.24, 2.45) is 5.10 Å². The van der Waals surface area contributed by atoms with Gasteiger partial charge in [-0.3, -0.25) is 4.79 Å². The minimum Gasteiger partial charge on any atom is -0.451 e. The molecule has 0 bridgehead atoms. The highest BCUT2D eigenvalue weighted by molar-refractivity contribution is 9.10. The second-order valence-electron chi connectivity index (χ2n) is 7.71. The fraction of sp³-hybridized carbons (Fsp3) is 0.0769. The lowest BCUT2D eigenvalue weighted by Crippen LogP contribution is -2.16. The Bertz CT molecular complexity index is 1480. The van der Waals surface area contributed by atoms with Crippen LogP contribution in [-0.2, 0) is 6.54 Å². The van der Waals surface area contributed by atoms with Gasteiger partial charge in [-0.2, -0.15) is 5.10 Å². The van der Waals surface area contributed by atoms with Crippen molar-refractivity contribution in [3.63, 3.8) is 0 Å². The zero-order chi connectivity index (χ0) is 22.1. The molecule has 2 heterocycles. The standard InChI is InChI=1S/C26H20BrN3O2/c1-17-5-4-6-18(11-17)15-30-16-20(22-7-2-3-8-23(22)30)14-28-29-26(31)25-13-19-12-21(27)9-10-24(19)32-25/h2-14,16H,15H2,1H3,(H,29,31)/b28-14+. The molecule has 0 fully saturated rings. The Morgan fingerprint density at radius 3 is 2.84 bits per heavy atom. The number of amides is 1. The number of benzene rings is 3. The van der Waals surface area contributed by atoms with Crippen molar-refractivity contribution in [3.8, 4) is 0 Å². The molecule has 0 aliphatic rings. The molecule has 0 aliphatic heterocycles. The van der Waals surface area contributed by atoms with E-state index in [1.807, 2.05) is 30.3 Å². The molecular weight excluding hydrogens is 466 g/mol. The number of halogens is 1. The molecule has 0 unspecified atom stereocenters. The molecular formula is C26H20BrN3O2. The minimum atomic E-state index is -0.392. The number of aryl methyl sites for hydroxylation is 1. The fourth-order valence-corrected chi connectivity index (χ4v) is 4.24. The summed E-state index contributed by atoms with van der Waals surface area (Å²) in [6, 6.07) is 24.0. The zero-order valence-electron chi connectivity index (χ0n) is 17.4. The van der Waals surface area contributed by atoms with Gasteiger partial charge in [-0.05, 0) is 42.8 Å². The summed E-state index contributed by atoms with van der Waals surface area (Å²) in [5.41, 5.74) is 7.74. The number of furan rings is 1. The van der Waals surface area contributed by atoms with Crippen molar-refractivity contribution in [1.29, 1.82) is 0 Å². The summed E-state index contributed by atoms with van der Waals surface area (Å²) < 4.78 is 8.75. The molecule has 6 heteroatoms. The maximum atomic E-state index is 12.5. The highest BCUT2D eigenvalue weighted by Crippen LogP contribution is 2.24. The van der Waals surface area contributed by atoms with E-state index >= 15 is 0 Å². The van der Waals surface area contributed by atoms with Gasteiger partial charge in [0.1, 0.15) is 5.58 Å². The van der Waals surface area contributed by atoms with Crippen molar-refractivity contribution >= 4 is 49.9 Å². The second kappa shape index (κ2) is 8.48. The molecule has 5 rings (SSSR count). The number of rotatable bonds is 5. The first-order chi connectivity index (χ1) is 15.6. The molecule has 5 aromatic rings. The number of nitrogens with one attached hydrogen (secondary N) is 1. The highest BCUT2D eigenvalue weighted by Gasteiger charge is 2.12. The SMILES string of the molecule is Cc1cccc(Cn2cc(/C=N/NC(=O)c3cc4cc(Br)ccc4o3)c3ccccc32)c1. The normalized spacial score (nSPS) is 11.6. The molecule has 3 aromatic carbocycles. The molecule has 1 amide bonds. The van der Waals surface area contributed by atoms with Crippen LogP contribution in [-0.4, -0.2) is 16.7 Å². The van der Waals surface area contributed by atoms with E-state index in [1.165, 1.54) is 11.1 Å². The Kier molecular flexibility index (Phi) is 5.37. The monoisotopic (exact) mass is 485 g/mol. The third kappa shape index (κ3) is 4.09. The van der Waals surface area contributed by atoms with Gasteiger partial charge in [-0.25, -0.2) is 5.43 Å². The highest BCUT2D eigenvalue weighted by atomic mass is 79.9. The summed E-state index contributed by atoms with van der Waals surface area (Å²) in [4.78, 5) is 12.5. The van der Waals surface area contributed by atoms with Gasteiger partial charge in [-0.1, -0.05) is 64.0 Å². The number of hydrogen-bond acceptors (Lipinski definition) is 3. The van der Waals surface area contributed by atoms with Gasteiger partial charge in [0.15, 0.2) is 5.76 Å². The van der Waals surface area contributed by atoms with E-state index in [9.17, 15) is 4.79 Å². The Hall–Kier alpha value is -3.64. The van der Waals surface area contributed by atoms with E-state index in [2.05, 4.69) is 80.5 Å². The summed E-state index contributed by atoms with van der Waals surface area (Å²) >= 11 is 3.42. The van der Waals surface area contributed by atoms with Crippen LogP contribution < -0.4 is 5.43 Å². The van der Waals surface area contributed by atoms with Crippen molar-refractivity contribution in [2.45, 2.75) is 13.5 Å². The fourth-order valence-electron chi connectivity index (χ4n) is 3.86. The van der Waals surface area contributed by atoms with Crippen LogP contribution in [0.4, 0.5) is 0 Å². The lowest BCUT2D eigenvalue weighted by Gasteiger charge is -2.06. The number of aromatic nitrogens is 1. The van der Waals surface area contributed by atoms with Gasteiger partial charge in [0.25, 0.3) is 0 Å². The van der Waals surface area contributed by atoms with Gasteiger partial charge in [0.2, 0.25) is 0 Å².